The maximum Gasteiger partial charge on any atom is 0.249 e. The molecule has 7 heteroatoms. The molecule has 0 N–H and O–H groups in total. The van der Waals surface area contributed by atoms with E-state index in [1.54, 1.807) is 14.2 Å². The molecule has 2 bridgehead atoms. The van der Waals surface area contributed by atoms with Gasteiger partial charge in [-0.25, -0.2) is 9.50 Å². The van der Waals surface area contributed by atoms with Gasteiger partial charge in [0.25, 0.3) is 0 Å². The largest absolute Gasteiger partial charge is 0.497 e. The molecule has 28 heavy (non-hydrogen) atoms. The topological polar surface area (TPSA) is 69.0 Å². The van der Waals surface area contributed by atoms with Crippen molar-refractivity contribution in [1.82, 2.24) is 19.5 Å². The van der Waals surface area contributed by atoms with Crippen molar-refractivity contribution in [2.45, 2.75) is 31.3 Å². The Balaban J connectivity index is 1.55. The Kier molecular flexibility index (Phi) is 4.05. The fourth-order valence-electron chi connectivity index (χ4n) is 4.57. The molecular weight excluding hydrogens is 356 g/mol. The first-order valence-electron chi connectivity index (χ1n) is 9.51. The van der Waals surface area contributed by atoms with E-state index in [1.807, 2.05) is 45.9 Å². The van der Waals surface area contributed by atoms with Crippen LogP contribution in [0.15, 0.2) is 36.5 Å². The highest BCUT2D eigenvalue weighted by Crippen LogP contribution is 2.43. The second-order valence-electron chi connectivity index (χ2n) is 7.37. The van der Waals surface area contributed by atoms with Crippen molar-refractivity contribution < 1.29 is 14.3 Å². The van der Waals surface area contributed by atoms with Crippen LogP contribution in [-0.2, 0) is 16.0 Å². The Morgan fingerprint density at radius 2 is 2.04 bits per heavy atom. The summed E-state index contributed by atoms with van der Waals surface area (Å²) in [6, 6.07) is 10.2. The number of nitrogens with zero attached hydrogens (tertiary/aromatic N) is 4. The van der Waals surface area contributed by atoms with E-state index in [4.69, 9.17) is 14.6 Å². The van der Waals surface area contributed by atoms with Gasteiger partial charge < -0.3 is 14.4 Å². The van der Waals surface area contributed by atoms with Crippen LogP contribution >= 0.6 is 0 Å². The minimum Gasteiger partial charge on any atom is -0.497 e. The third-order valence-corrected chi connectivity index (χ3v) is 5.85. The van der Waals surface area contributed by atoms with Crippen molar-refractivity contribution in [3.63, 3.8) is 0 Å². The first kappa shape index (κ1) is 17.2. The fraction of sp³-hybridized carbons (Fsp3) is 0.381. The lowest BCUT2D eigenvalue weighted by molar-refractivity contribution is -0.138. The molecule has 1 saturated heterocycles. The summed E-state index contributed by atoms with van der Waals surface area (Å²) in [6.45, 7) is 0.126. The van der Waals surface area contributed by atoms with Crippen LogP contribution in [0.3, 0.4) is 0 Å². The van der Waals surface area contributed by atoms with Crippen LogP contribution in [-0.4, -0.2) is 52.3 Å². The number of benzene rings is 1. The first-order valence-corrected chi connectivity index (χ1v) is 9.51. The number of methoxy groups -OCH3 is 2. The number of aromatic nitrogens is 3. The van der Waals surface area contributed by atoms with Gasteiger partial charge in [0, 0.05) is 43.0 Å². The number of ether oxygens (including phenoxy) is 2. The highest BCUT2D eigenvalue weighted by Gasteiger charge is 2.43. The van der Waals surface area contributed by atoms with Crippen molar-refractivity contribution in [2.24, 2.45) is 0 Å². The van der Waals surface area contributed by atoms with Crippen molar-refractivity contribution >= 4 is 11.6 Å². The number of rotatable bonds is 4. The van der Waals surface area contributed by atoms with Crippen molar-refractivity contribution in [1.29, 1.82) is 0 Å². The zero-order valence-electron chi connectivity index (χ0n) is 16.0. The third-order valence-electron chi connectivity index (χ3n) is 5.85. The van der Waals surface area contributed by atoms with Gasteiger partial charge in [0.1, 0.15) is 12.4 Å². The van der Waals surface area contributed by atoms with Gasteiger partial charge in [-0.1, -0.05) is 0 Å². The molecule has 144 valence electrons. The van der Waals surface area contributed by atoms with Gasteiger partial charge in [0.2, 0.25) is 5.91 Å². The number of fused-ring (bicyclic) bond motifs is 6. The maximum atomic E-state index is 12.5. The Morgan fingerprint density at radius 3 is 2.79 bits per heavy atom. The van der Waals surface area contributed by atoms with E-state index >= 15 is 0 Å². The molecular formula is C21H22N4O3. The Hall–Kier alpha value is -2.93. The lowest BCUT2D eigenvalue weighted by Gasteiger charge is -2.36. The molecule has 0 unspecified atom stereocenters. The molecule has 0 radical (unpaired) electrons. The zero-order valence-corrected chi connectivity index (χ0v) is 16.0. The average molecular weight is 378 g/mol. The summed E-state index contributed by atoms with van der Waals surface area (Å²) in [5, 5.41) is 4.84. The summed E-state index contributed by atoms with van der Waals surface area (Å²) in [5.74, 6) is 0.876. The van der Waals surface area contributed by atoms with Gasteiger partial charge in [0.15, 0.2) is 5.65 Å². The number of amides is 1. The van der Waals surface area contributed by atoms with Gasteiger partial charge in [0.05, 0.1) is 24.5 Å². The molecule has 1 fully saturated rings. The summed E-state index contributed by atoms with van der Waals surface area (Å²) < 4.78 is 12.3. The molecule has 2 atom stereocenters. The Bertz CT molecular complexity index is 1040. The normalized spacial score (nSPS) is 20.4. The van der Waals surface area contributed by atoms with Gasteiger partial charge in [-0.15, -0.1) is 0 Å². The summed E-state index contributed by atoms with van der Waals surface area (Å²) in [4.78, 5) is 19.2. The second kappa shape index (κ2) is 6.60. The predicted octanol–water partition coefficient (Wildman–Crippen LogP) is 2.64. The first-order chi connectivity index (χ1) is 13.7. The predicted molar refractivity (Wildman–Crippen MR) is 103 cm³/mol. The average Bonchev–Trinajstić information content (AvgIpc) is 3.29. The van der Waals surface area contributed by atoms with Crippen molar-refractivity contribution in [2.75, 3.05) is 20.8 Å². The van der Waals surface area contributed by atoms with E-state index in [1.165, 1.54) is 5.69 Å². The molecule has 2 aromatic heterocycles. The highest BCUT2D eigenvalue weighted by molar-refractivity contribution is 5.79. The minimum absolute atomic E-state index is 0.0557. The quantitative estimate of drug-likeness (QED) is 0.698. The van der Waals surface area contributed by atoms with Gasteiger partial charge in [-0.2, -0.15) is 5.10 Å². The fourth-order valence-corrected chi connectivity index (χ4v) is 4.57. The number of carbonyl (C=O) groups is 1. The maximum absolute atomic E-state index is 12.5. The molecule has 0 saturated carbocycles. The van der Waals surface area contributed by atoms with E-state index in [-0.39, 0.29) is 24.6 Å². The van der Waals surface area contributed by atoms with E-state index in [0.717, 1.165) is 47.5 Å². The lowest BCUT2D eigenvalue weighted by Crippen LogP contribution is -2.44. The SMILES string of the molecule is COCC(=O)N1[C@@H]2CC[C@@H]1c1cnc3cc(-c4ccc(OC)cc4)nn3c1C2. The van der Waals surface area contributed by atoms with Crippen LogP contribution in [0.25, 0.3) is 16.9 Å². The van der Waals surface area contributed by atoms with E-state index < -0.39 is 0 Å². The van der Waals surface area contributed by atoms with Crippen LogP contribution in [0.1, 0.15) is 30.1 Å². The molecule has 5 rings (SSSR count). The van der Waals surface area contributed by atoms with Crippen molar-refractivity contribution in [3.8, 4) is 17.0 Å². The minimum atomic E-state index is 0.0557. The number of hydrogen-bond donors (Lipinski definition) is 0. The molecule has 0 aliphatic carbocycles. The van der Waals surface area contributed by atoms with Crippen molar-refractivity contribution in [3.05, 3.63) is 47.8 Å². The highest BCUT2D eigenvalue weighted by atomic mass is 16.5. The Morgan fingerprint density at radius 1 is 1.21 bits per heavy atom. The number of carbonyl (C=O) groups excluding carboxylic acids is 1. The number of hydrogen-bond acceptors (Lipinski definition) is 5. The summed E-state index contributed by atoms with van der Waals surface area (Å²) in [7, 11) is 3.22. The van der Waals surface area contributed by atoms with Crippen LogP contribution in [0, 0.1) is 0 Å². The monoisotopic (exact) mass is 378 g/mol. The Labute approximate surface area is 162 Å². The van der Waals surface area contributed by atoms with E-state index in [9.17, 15) is 4.79 Å². The second-order valence-corrected chi connectivity index (χ2v) is 7.37. The zero-order chi connectivity index (χ0) is 19.3. The third kappa shape index (κ3) is 2.57. The van der Waals surface area contributed by atoms with Crippen LogP contribution in [0.5, 0.6) is 5.75 Å². The summed E-state index contributed by atoms with van der Waals surface area (Å²) in [5.41, 5.74) is 5.01. The van der Waals surface area contributed by atoms with Crippen LogP contribution in [0.2, 0.25) is 0 Å². The van der Waals surface area contributed by atoms with Gasteiger partial charge in [-0.05, 0) is 37.1 Å². The molecule has 3 aromatic rings. The molecule has 1 amide bonds. The molecule has 0 spiro atoms. The summed E-state index contributed by atoms with van der Waals surface area (Å²) in [6.07, 6.45) is 4.68. The molecule has 2 aliphatic rings. The summed E-state index contributed by atoms with van der Waals surface area (Å²) >= 11 is 0. The van der Waals surface area contributed by atoms with Gasteiger partial charge in [-0.3, -0.25) is 4.79 Å². The van der Waals surface area contributed by atoms with Gasteiger partial charge >= 0.3 is 0 Å². The lowest BCUT2D eigenvalue weighted by atomic mass is 9.99. The van der Waals surface area contributed by atoms with Crippen LogP contribution < -0.4 is 4.74 Å². The standard InChI is InChI=1S/C21H22N4O3/c1-27-12-21(26)24-14-5-8-18(24)16-11-22-20-10-17(23-25(20)19(16)9-14)13-3-6-15(28-2)7-4-13/h3-4,6-7,10-11,14,18H,5,8-9,12H2,1-2H3/t14-,18-/m1/s1. The molecule has 1 aromatic carbocycles. The smallest absolute Gasteiger partial charge is 0.249 e. The molecule has 7 nitrogen and oxygen atoms in total. The van der Waals surface area contributed by atoms with E-state index in [0.29, 0.717) is 0 Å². The molecule has 2 aliphatic heterocycles. The van der Waals surface area contributed by atoms with E-state index in [2.05, 4.69) is 4.98 Å². The molecule has 4 heterocycles. The van der Waals surface area contributed by atoms with Crippen LogP contribution in [0.4, 0.5) is 0 Å².